The van der Waals surface area contributed by atoms with Gasteiger partial charge >= 0.3 is 0 Å². The summed E-state index contributed by atoms with van der Waals surface area (Å²) in [5.74, 6) is 0.386. The molecule has 0 radical (unpaired) electrons. The summed E-state index contributed by atoms with van der Waals surface area (Å²) in [6.07, 6.45) is 2.04. The van der Waals surface area contributed by atoms with Crippen molar-refractivity contribution in [1.82, 2.24) is 14.8 Å². The Bertz CT molecular complexity index is 490. The van der Waals surface area contributed by atoms with Gasteiger partial charge in [-0.05, 0) is 26.4 Å². The zero-order valence-corrected chi connectivity index (χ0v) is 13.9. The molecule has 0 bridgehead atoms. The second-order valence-corrected chi connectivity index (χ2v) is 6.56. The largest absolute Gasteiger partial charge is 0.382 e. The molecular formula is C14H25N5OS. The Morgan fingerprint density at radius 3 is 2.86 bits per heavy atom. The van der Waals surface area contributed by atoms with Gasteiger partial charge in [0.1, 0.15) is 10.7 Å². The van der Waals surface area contributed by atoms with E-state index >= 15 is 0 Å². The molecular weight excluding hydrogens is 286 g/mol. The molecule has 1 aromatic heterocycles. The summed E-state index contributed by atoms with van der Waals surface area (Å²) >= 11 is 1.40. The van der Waals surface area contributed by atoms with Crippen molar-refractivity contribution in [3.05, 3.63) is 4.88 Å². The number of rotatable bonds is 4. The van der Waals surface area contributed by atoms with Gasteiger partial charge in [-0.2, -0.15) is 0 Å². The fourth-order valence-electron chi connectivity index (χ4n) is 2.46. The first-order valence-electron chi connectivity index (χ1n) is 7.48. The number of carbonyl (C=O) groups excluding carboxylic acids is 1. The van der Waals surface area contributed by atoms with E-state index in [0.717, 1.165) is 50.7 Å². The van der Waals surface area contributed by atoms with E-state index in [1.165, 1.54) is 11.3 Å². The third kappa shape index (κ3) is 3.85. The highest BCUT2D eigenvalue weighted by Crippen LogP contribution is 2.29. The minimum atomic E-state index is 0.0245. The summed E-state index contributed by atoms with van der Waals surface area (Å²) in [5, 5.41) is 0.824. The van der Waals surface area contributed by atoms with Crippen molar-refractivity contribution in [2.75, 3.05) is 57.5 Å². The van der Waals surface area contributed by atoms with Crippen LogP contribution in [0.1, 0.15) is 29.4 Å². The molecule has 1 amide bonds. The first-order valence-corrected chi connectivity index (χ1v) is 8.29. The SMILES string of the molecule is CCCN(C)c1nc(N)c(C(=O)N2CCCN(C)CC2)s1. The summed E-state index contributed by atoms with van der Waals surface area (Å²) in [4.78, 5) is 23.8. The lowest BCUT2D eigenvalue weighted by Gasteiger charge is -2.19. The van der Waals surface area contributed by atoms with Crippen LogP contribution in [0.25, 0.3) is 0 Å². The number of amides is 1. The molecule has 0 saturated carbocycles. The van der Waals surface area contributed by atoms with Crippen molar-refractivity contribution in [2.24, 2.45) is 0 Å². The van der Waals surface area contributed by atoms with Crippen molar-refractivity contribution in [3.8, 4) is 0 Å². The molecule has 0 aliphatic carbocycles. The van der Waals surface area contributed by atoms with Gasteiger partial charge in [0.25, 0.3) is 5.91 Å². The first kappa shape index (κ1) is 16.0. The maximum Gasteiger partial charge on any atom is 0.267 e. The number of carbonyl (C=O) groups is 1. The molecule has 2 heterocycles. The summed E-state index contributed by atoms with van der Waals surface area (Å²) < 4.78 is 0. The van der Waals surface area contributed by atoms with Crippen LogP contribution in [0.5, 0.6) is 0 Å². The van der Waals surface area contributed by atoms with Gasteiger partial charge in [0.2, 0.25) is 0 Å². The minimum Gasteiger partial charge on any atom is -0.382 e. The average Bonchev–Trinajstić information content (AvgIpc) is 2.70. The van der Waals surface area contributed by atoms with E-state index in [0.29, 0.717) is 10.7 Å². The second kappa shape index (κ2) is 7.09. The van der Waals surface area contributed by atoms with E-state index in [1.807, 2.05) is 16.8 Å². The molecule has 1 aliphatic rings. The number of anilines is 2. The number of hydrogen-bond donors (Lipinski definition) is 1. The predicted octanol–water partition coefficient (Wildman–Crippen LogP) is 1.35. The van der Waals surface area contributed by atoms with Crippen LogP contribution in [0.4, 0.5) is 10.9 Å². The molecule has 2 N–H and O–H groups in total. The number of nitrogens with zero attached hydrogens (tertiary/aromatic N) is 4. The van der Waals surface area contributed by atoms with Crippen LogP contribution < -0.4 is 10.6 Å². The highest BCUT2D eigenvalue weighted by atomic mass is 32.1. The fourth-order valence-corrected chi connectivity index (χ4v) is 3.40. The van der Waals surface area contributed by atoms with Crippen LogP contribution in [0.2, 0.25) is 0 Å². The molecule has 2 rings (SSSR count). The smallest absolute Gasteiger partial charge is 0.267 e. The Morgan fingerprint density at radius 1 is 1.38 bits per heavy atom. The molecule has 0 spiro atoms. The Kier molecular flexibility index (Phi) is 5.41. The molecule has 6 nitrogen and oxygen atoms in total. The molecule has 7 heteroatoms. The van der Waals surface area contributed by atoms with Gasteiger partial charge in [-0.3, -0.25) is 4.79 Å². The molecule has 21 heavy (non-hydrogen) atoms. The molecule has 1 saturated heterocycles. The zero-order valence-electron chi connectivity index (χ0n) is 13.1. The highest BCUT2D eigenvalue weighted by molar-refractivity contribution is 7.18. The number of likely N-dealkylation sites (N-methyl/N-ethyl adjacent to an activating group) is 1. The van der Waals surface area contributed by atoms with Crippen LogP contribution in [0.15, 0.2) is 0 Å². The lowest BCUT2D eigenvalue weighted by molar-refractivity contribution is 0.0768. The summed E-state index contributed by atoms with van der Waals surface area (Å²) in [6.45, 7) is 6.52. The molecule has 118 valence electrons. The quantitative estimate of drug-likeness (QED) is 0.909. The van der Waals surface area contributed by atoms with Gasteiger partial charge in [0.05, 0.1) is 0 Å². The van der Waals surface area contributed by atoms with Gasteiger partial charge < -0.3 is 20.4 Å². The van der Waals surface area contributed by atoms with Crippen LogP contribution >= 0.6 is 11.3 Å². The van der Waals surface area contributed by atoms with Crippen molar-refractivity contribution in [3.63, 3.8) is 0 Å². The first-order chi connectivity index (χ1) is 10.0. The second-order valence-electron chi connectivity index (χ2n) is 5.58. The van der Waals surface area contributed by atoms with Gasteiger partial charge in [-0.25, -0.2) is 4.98 Å². The predicted molar refractivity (Wildman–Crippen MR) is 88.1 cm³/mol. The van der Waals surface area contributed by atoms with Gasteiger partial charge in [0.15, 0.2) is 5.13 Å². The van der Waals surface area contributed by atoms with Crippen LogP contribution in [-0.2, 0) is 0 Å². The van der Waals surface area contributed by atoms with E-state index < -0.39 is 0 Å². The van der Waals surface area contributed by atoms with Gasteiger partial charge in [-0.1, -0.05) is 18.3 Å². The standard InChI is InChI=1S/C14H25N5OS/c1-4-6-18(3)14-16-12(15)11(21-14)13(20)19-8-5-7-17(2)9-10-19/h4-10,15H2,1-3H3. The number of aromatic nitrogens is 1. The number of nitrogen functional groups attached to an aromatic ring is 1. The monoisotopic (exact) mass is 311 g/mol. The van der Waals surface area contributed by atoms with Gasteiger partial charge in [-0.15, -0.1) is 0 Å². The minimum absolute atomic E-state index is 0.0245. The third-order valence-electron chi connectivity index (χ3n) is 3.73. The van der Waals surface area contributed by atoms with Crippen molar-refractivity contribution in [1.29, 1.82) is 0 Å². The third-order valence-corrected chi connectivity index (χ3v) is 4.90. The lowest BCUT2D eigenvalue weighted by atomic mass is 10.3. The number of thiazole rings is 1. The molecule has 0 atom stereocenters. The summed E-state index contributed by atoms with van der Waals surface area (Å²) in [5.41, 5.74) is 5.96. The normalized spacial score (nSPS) is 16.8. The van der Waals surface area contributed by atoms with Crippen LogP contribution in [-0.4, -0.2) is 67.5 Å². The Labute approximate surface area is 130 Å². The highest BCUT2D eigenvalue weighted by Gasteiger charge is 2.24. The van der Waals surface area contributed by atoms with E-state index in [2.05, 4.69) is 23.9 Å². The van der Waals surface area contributed by atoms with Crippen molar-refractivity contribution >= 4 is 28.2 Å². The van der Waals surface area contributed by atoms with Crippen molar-refractivity contribution < 1.29 is 4.79 Å². The van der Waals surface area contributed by atoms with E-state index in [-0.39, 0.29) is 5.91 Å². The molecule has 0 unspecified atom stereocenters. The lowest BCUT2D eigenvalue weighted by Crippen LogP contribution is -2.34. The Balaban J connectivity index is 2.11. The van der Waals surface area contributed by atoms with Crippen LogP contribution in [0, 0.1) is 0 Å². The van der Waals surface area contributed by atoms with Crippen LogP contribution in [0.3, 0.4) is 0 Å². The maximum atomic E-state index is 12.7. The fraction of sp³-hybridized carbons (Fsp3) is 0.714. The Morgan fingerprint density at radius 2 is 2.14 bits per heavy atom. The van der Waals surface area contributed by atoms with E-state index in [9.17, 15) is 4.79 Å². The number of nitrogens with two attached hydrogens (primary N) is 1. The number of hydrogen-bond acceptors (Lipinski definition) is 6. The van der Waals surface area contributed by atoms with Crippen molar-refractivity contribution in [2.45, 2.75) is 19.8 Å². The zero-order chi connectivity index (χ0) is 15.4. The van der Waals surface area contributed by atoms with E-state index in [1.54, 1.807) is 0 Å². The average molecular weight is 311 g/mol. The summed E-state index contributed by atoms with van der Waals surface area (Å²) in [6, 6.07) is 0. The molecule has 1 aromatic rings. The summed E-state index contributed by atoms with van der Waals surface area (Å²) in [7, 11) is 4.07. The topological polar surface area (TPSA) is 65.7 Å². The molecule has 1 aliphatic heterocycles. The Hall–Kier alpha value is -1.34. The van der Waals surface area contributed by atoms with E-state index in [4.69, 9.17) is 5.73 Å². The maximum absolute atomic E-state index is 12.7. The molecule has 1 fully saturated rings. The molecule has 0 aromatic carbocycles. The van der Waals surface area contributed by atoms with Gasteiger partial charge in [0, 0.05) is 33.2 Å².